The van der Waals surface area contributed by atoms with Gasteiger partial charge in [0.2, 0.25) is 11.8 Å². The van der Waals surface area contributed by atoms with E-state index in [4.69, 9.17) is 5.73 Å². The van der Waals surface area contributed by atoms with Gasteiger partial charge in [0.1, 0.15) is 11.9 Å². The smallest absolute Gasteiger partial charge is 0.240 e. The van der Waals surface area contributed by atoms with Crippen molar-refractivity contribution in [1.82, 2.24) is 5.32 Å². The minimum Gasteiger partial charge on any atom is -0.368 e. The van der Waals surface area contributed by atoms with Gasteiger partial charge in [0.05, 0.1) is 0 Å². The number of rotatable bonds is 7. The maximum absolute atomic E-state index is 13.2. The normalized spacial score (nSPS) is 16.7. The van der Waals surface area contributed by atoms with Crippen LogP contribution in [-0.2, 0) is 16.0 Å². The third-order valence-corrected chi connectivity index (χ3v) is 4.51. The Kier molecular flexibility index (Phi) is 6.56. The highest BCUT2D eigenvalue weighted by Crippen LogP contribution is 2.27. The molecule has 1 aromatic rings. The Labute approximate surface area is 136 Å². The summed E-state index contributed by atoms with van der Waals surface area (Å²) in [5.41, 5.74) is 6.00. The fourth-order valence-corrected chi connectivity index (χ4v) is 3.20. The molecular formula is C18H25FN2O2. The molecule has 0 aliphatic heterocycles. The van der Waals surface area contributed by atoms with Gasteiger partial charge in [0.15, 0.2) is 0 Å². The zero-order valence-corrected chi connectivity index (χ0v) is 13.4. The lowest BCUT2D eigenvalue weighted by Crippen LogP contribution is -2.45. The van der Waals surface area contributed by atoms with Crippen molar-refractivity contribution in [2.45, 2.75) is 57.4 Å². The Bertz CT molecular complexity index is 542. The topological polar surface area (TPSA) is 72.2 Å². The van der Waals surface area contributed by atoms with Gasteiger partial charge < -0.3 is 11.1 Å². The number of carbonyl (C=O) groups is 2. The first kappa shape index (κ1) is 17.4. The number of amides is 2. The molecule has 0 aromatic heterocycles. The predicted molar refractivity (Wildman–Crippen MR) is 87.0 cm³/mol. The predicted octanol–water partition coefficient (Wildman–Crippen LogP) is 2.70. The first-order valence-electron chi connectivity index (χ1n) is 8.37. The van der Waals surface area contributed by atoms with E-state index < -0.39 is 11.9 Å². The van der Waals surface area contributed by atoms with Gasteiger partial charge in [-0.1, -0.05) is 44.2 Å². The second-order valence-corrected chi connectivity index (χ2v) is 6.40. The first-order chi connectivity index (χ1) is 11.0. The maximum atomic E-state index is 13.2. The van der Waals surface area contributed by atoms with Crippen LogP contribution in [0.4, 0.5) is 4.39 Å². The molecule has 1 aliphatic rings. The van der Waals surface area contributed by atoms with Gasteiger partial charge in [0.25, 0.3) is 0 Å². The van der Waals surface area contributed by atoms with Crippen molar-refractivity contribution in [2.24, 2.45) is 11.7 Å². The third-order valence-electron chi connectivity index (χ3n) is 4.51. The Hall–Kier alpha value is -1.91. The average molecular weight is 320 g/mol. The number of halogens is 1. The van der Waals surface area contributed by atoms with Crippen molar-refractivity contribution in [3.63, 3.8) is 0 Å². The number of benzene rings is 1. The number of hydrogen-bond acceptors (Lipinski definition) is 2. The van der Waals surface area contributed by atoms with Crippen molar-refractivity contribution in [1.29, 1.82) is 0 Å². The van der Waals surface area contributed by atoms with Crippen LogP contribution in [0.3, 0.4) is 0 Å². The summed E-state index contributed by atoms with van der Waals surface area (Å²) in [5.74, 6) is -0.504. The van der Waals surface area contributed by atoms with Gasteiger partial charge in [-0.05, 0) is 30.0 Å². The van der Waals surface area contributed by atoms with Crippen LogP contribution in [0, 0.1) is 11.7 Å². The number of nitrogens with one attached hydrogen (secondary N) is 1. The van der Waals surface area contributed by atoms with Gasteiger partial charge in [-0.15, -0.1) is 0 Å². The Morgan fingerprint density at radius 3 is 2.65 bits per heavy atom. The van der Waals surface area contributed by atoms with E-state index in [2.05, 4.69) is 5.32 Å². The molecule has 1 atom stereocenters. The van der Waals surface area contributed by atoms with E-state index in [1.54, 1.807) is 12.1 Å². The van der Waals surface area contributed by atoms with Crippen molar-refractivity contribution in [3.05, 3.63) is 35.6 Å². The highest BCUT2D eigenvalue weighted by Gasteiger charge is 2.20. The first-order valence-corrected chi connectivity index (χ1v) is 8.37. The maximum Gasteiger partial charge on any atom is 0.240 e. The van der Waals surface area contributed by atoms with Gasteiger partial charge in [0, 0.05) is 12.8 Å². The van der Waals surface area contributed by atoms with Gasteiger partial charge in [-0.3, -0.25) is 9.59 Å². The minimum atomic E-state index is -0.796. The molecule has 0 unspecified atom stereocenters. The summed E-state index contributed by atoms with van der Waals surface area (Å²) in [6.07, 6.45) is 7.65. The van der Waals surface area contributed by atoms with E-state index >= 15 is 0 Å². The number of nitrogens with two attached hydrogens (primary N) is 1. The monoisotopic (exact) mass is 320 g/mol. The summed E-state index contributed by atoms with van der Waals surface area (Å²) in [7, 11) is 0. The molecule has 1 saturated carbocycles. The van der Waals surface area contributed by atoms with E-state index in [0.717, 1.165) is 6.42 Å². The van der Waals surface area contributed by atoms with Crippen LogP contribution in [0.25, 0.3) is 0 Å². The molecule has 1 aliphatic carbocycles. The van der Waals surface area contributed by atoms with Crippen LogP contribution in [0.5, 0.6) is 0 Å². The zero-order valence-electron chi connectivity index (χ0n) is 13.4. The summed E-state index contributed by atoms with van der Waals surface area (Å²) >= 11 is 0. The van der Waals surface area contributed by atoms with Crippen LogP contribution in [0.1, 0.15) is 50.5 Å². The Morgan fingerprint density at radius 1 is 1.26 bits per heavy atom. The van der Waals surface area contributed by atoms with Crippen LogP contribution in [-0.4, -0.2) is 17.9 Å². The lowest BCUT2D eigenvalue weighted by atomic mass is 9.86. The molecule has 0 radical (unpaired) electrons. The van der Waals surface area contributed by atoms with Crippen molar-refractivity contribution >= 4 is 11.8 Å². The molecule has 23 heavy (non-hydrogen) atoms. The Morgan fingerprint density at radius 2 is 2.00 bits per heavy atom. The Balaban J connectivity index is 1.83. The molecule has 1 fully saturated rings. The molecular weight excluding hydrogens is 295 g/mol. The van der Waals surface area contributed by atoms with Crippen molar-refractivity contribution in [2.75, 3.05) is 0 Å². The van der Waals surface area contributed by atoms with Gasteiger partial charge in [-0.25, -0.2) is 4.39 Å². The zero-order chi connectivity index (χ0) is 16.7. The number of hydrogen-bond donors (Lipinski definition) is 2. The lowest BCUT2D eigenvalue weighted by Gasteiger charge is -2.21. The largest absolute Gasteiger partial charge is 0.368 e. The number of carbonyl (C=O) groups excluding carboxylic acids is 2. The molecule has 1 aromatic carbocycles. The highest BCUT2D eigenvalue weighted by atomic mass is 19.1. The third kappa shape index (κ3) is 6.00. The average Bonchev–Trinajstić information content (AvgIpc) is 2.53. The molecule has 126 valence electrons. The molecule has 0 spiro atoms. The van der Waals surface area contributed by atoms with Gasteiger partial charge in [-0.2, -0.15) is 0 Å². The van der Waals surface area contributed by atoms with Crippen molar-refractivity contribution in [3.8, 4) is 0 Å². The standard InChI is InChI=1S/C18H25FN2O2/c19-15-8-4-7-14(11-15)12-16(18(20)23)21-17(22)10-9-13-5-2-1-3-6-13/h4,7-8,11,13,16H,1-3,5-6,9-10,12H2,(H2,20,23)(H,21,22)/t16-/m0/s1. The van der Waals surface area contributed by atoms with E-state index in [1.165, 1.54) is 44.2 Å². The summed E-state index contributed by atoms with van der Waals surface area (Å²) in [6.45, 7) is 0. The molecule has 0 bridgehead atoms. The van der Waals surface area contributed by atoms with Crippen LogP contribution in [0.15, 0.2) is 24.3 Å². The van der Waals surface area contributed by atoms with Crippen LogP contribution >= 0.6 is 0 Å². The molecule has 3 N–H and O–H groups in total. The fourth-order valence-electron chi connectivity index (χ4n) is 3.20. The fraction of sp³-hybridized carbons (Fsp3) is 0.556. The molecule has 4 nitrogen and oxygen atoms in total. The highest BCUT2D eigenvalue weighted by molar-refractivity contribution is 5.86. The summed E-state index contributed by atoms with van der Waals surface area (Å²) in [4.78, 5) is 23.6. The molecule has 5 heteroatoms. The van der Waals surface area contributed by atoms with E-state index in [-0.39, 0.29) is 18.1 Å². The van der Waals surface area contributed by atoms with E-state index in [0.29, 0.717) is 17.9 Å². The minimum absolute atomic E-state index is 0.157. The molecule has 2 amide bonds. The lowest BCUT2D eigenvalue weighted by molar-refractivity contribution is -0.127. The molecule has 2 rings (SSSR count). The second kappa shape index (κ2) is 8.65. The SMILES string of the molecule is NC(=O)[C@H](Cc1cccc(F)c1)NC(=O)CCC1CCCCC1. The number of primary amides is 1. The van der Waals surface area contributed by atoms with E-state index in [1.807, 2.05) is 0 Å². The van der Waals surface area contributed by atoms with Gasteiger partial charge >= 0.3 is 0 Å². The summed E-state index contributed by atoms with van der Waals surface area (Å²) in [6, 6.07) is 5.19. The van der Waals surface area contributed by atoms with Crippen LogP contribution in [0.2, 0.25) is 0 Å². The van der Waals surface area contributed by atoms with Crippen LogP contribution < -0.4 is 11.1 Å². The molecule has 0 heterocycles. The van der Waals surface area contributed by atoms with Crippen molar-refractivity contribution < 1.29 is 14.0 Å². The summed E-state index contributed by atoms with van der Waals surface area (Å²) < 4.78 is 13.2. The quantitative estimate of drug-likeness (QED) is 0.811. The summed E-state index contributed by atoms with van der Waals surface area (Å²) in [5, 5.41) is 2.69. The molecule has 0 saturated heterocycles. The van der Waals surface area contributed by atoms with E-state index in [9.17, 15) is 14.0 Å². The second-order valence-electron chi connectivity index (χ2n) is 6.40.